The summed E-state index contributed by atoms with van der Waals surface area (Å²) >= 11 is 0. The molecule has 6 rings (SSSR count). The second-order valence-corrected chi connectivity index (χ2v) is 8.27. The molecule has 0 fully saturated rings. The van der Waals surface area contributed by atoms with Crippen LogP contribution in [0.5, 0.6) is 5.75 Å². The molecule has 0 amide bonds. The minimum Gasteiger partial charge on any atom is -0.486 e. The second kappa shape index (κ2) is 8.53. The average molecular weight is 464 g/mol. The van der Waals surface area contributed by atoms with E-state index in [1.807, 2.05) is 90.5 Å². The number of nitrogens with zero attached hydrogens (tertiary/aromatic N) is 6. The van der Waals surface area contributed by atoms with Gasteiger partial charge in [0, 0.05) is 12.6 Å². The highest BCUT2D eigenvalue weighted by Crippen LogP contribution is 2.21. The molecule has 0 saturated heterocycles. The maximum atomic E-state index is 12.7. The van der Waals surface area contributed by atoms with Crippen molar-refractivity contribution in [3.05, 3.63) is 101 Å². The van der Waals surface area contributed by atoms with Crippen molar-refractivity contribution < 1.29 is 4.74 Å². The molecule has 0 aliphatic heterocycles. The quantitative estimate of drug-likeness (QED) is 0.404. The van der Waals surface area contributed by atoms with Crippen molar-refractivity contribution in [3.63, 3.8) is 0 Å². The zero-order valence-electron chi connectivity index (χ0n) is 18.9. The lowest BCUT2D eigenvalue weighted by molar-refractivity contribution is 0.292. The maximum Gasteiger partial charge on any atom is 0.259 e. The van der Waals surface area contributed by atoms with Gasteiger partial charge in [0.1, 0.15) is 18.2 Å². The lowest BCUT2D eigenvalue weighted by atomic mass is 10.1. The Labute approximate surface area is 199 Å². The Hall–Kier alpha value is -4.79. The van der Waals surface area contributed by atoms with E-state index in [2.05, 4.69) is 25.5 Å². The van der Waals surface area contributed by atoms with Crippen LogP contribution in [0, 0.1) is 0 Å². The van der Waals surface area contributed by atoms with E-state index >= 15 is 0 Å². The van der Waals surface area contributed by atoms with Gasteiger partial charge in [-0.25, -0.2) is 9.67 Å². The van der Waals surface area contributed by atoms with E-state index in [1.54, 1.807) is 4.68 Å². The number of aryl methyl sites for hydroxylation is 1. The molecule has 0 atom stereocenters. The number of H-pyrrole nitrogens is 1. The third-order valence-corrected chi connectivity index (χ3v) is 6.00. The van der Waals surface area contributed by atoms with E-state index in [0.717, 1.165) is 33.3 Å². The normalized spacial score (nSPS) is 11.3. The SMILES string of the molecule is Cn1c(COc2cccc(Cn3nnnc3-c3cc4ccccc4[nH]c3=O)c2)nc2ccccc21. The van der Waals surface area contributed by atoms with Crippen LogP contribution in [0.3, 0.4) is 0 Å². The standard InChI is InChI=1S/C26H21N7O2/c1-32-23-12-5-4-11-22(23)27-24(32)16-35-19-9-6-7-17(13-19)15-33-25(29-30-31-33)20-14-18-8-2-3-10-21(18)28-26(20)34/h2-14H,15-16H2,1H3,(H,28,34). The predicted molar refractivity (Wildman–Crippen MR) is 132 cm³/mol. The minimum atomic E-state index is -0.237. The summed E-state index contributed by atoms with van der Waals surface area (Å²) in [5.74, 6) is 1.96. The zero-order chi connectivity index (χ0) is 23.8. The Morgan fingerprint density at radius 3 is 2.74 bits per heavy atom. The van der Waals surface area contributed by atoms with Gasteiger partial charge in [-0.2, -0.15) is 0 Å². The number of aromatic amines is 1. The second-order valence-electron chi connectivity index (χ2n) is 8.27. The van der Waals surface area contributed by atoms with Crippen LogP contribution in [0.15, 0.2) is 83.7 Å². The van der Waals surface area contributed by atoms with Gasteiger partial charge < -0.3 is 14.3 Å². The van der Waals surface area contributed by atoms with Crippen molar-refractivity contribution >= 4 is 21.9 Å². The van der Waals surface area contributed by atoms with Crippen LogP contribution in [0.2, 0.25) is 0 Å². The summed E-state index contributed by atoms with van der Waals surface area (Å²) in [5, 5.41) is 13.0. The zero-order valence-corrected chi connectivity index (χ0v) is 18.9. The van der Waals surface area contributed by atoms with Gasteiger partial charge in [0.25, 0.3) is 5.56 Å². The highest BCUT2D eigenvalue weighted by atomic mass is 16.5. The van der Waals surface area contributed by atoms with Crippen LogP contribution < -0.4 is 10.3 Å². The topological polar surface area (TPSA) is 104 Å². The van der Waals surface area contributed by atoms with Gasteiger partial charge in [-0.3, -0.25) is 4.79 Å². The summed E-state index contributed by atoms with van der Waals surface area (Å²) in [6.07, 6.45) is 0. The van der Waals surface area contributed by atoms with Gasteiger partial charge in [-0.1, -0.05) is 42.5 Å². The van der Waals surface area contributed by atoms with Gasteiger partial charge in [-0.05, 0) is 57.8 Å². The van der Waals surface area contributed by atoms with E-state index in [9.17, 15) is 4.79 Å². The molecule has 35 heavy (non-hydrogen) atoms. The fourth-order valence-corrected chi connectivity index (χ4v) is 4.20. The molecule has 9 nitrogen and oxygen atoms in total. The number of rotatable bonds is 6. The molecule has 3 aromatic heterocycles. The Bertz CT molecular complexity index is 1730. The number of tetrazole rings is 1. The van der Waals surface area contributed by atoms with Crippen molar-refractivity contribution in [1.29, 1.82) is 0 Å². The first-order chi connectivity index (χ1) is 17.2. The van der Waals surface area contributed by atoms with E-state index in [0.29, 0.717) is 30.3 Å². The summed E-state index contributed by atoms with van der Waals surface area (Å²) in [6, 6.07) is 25.2. The lowest BCUT2D eigenvalue weighted by Crippen LogP contribution is -2.13. The number of benzene rings is 3. The summed E-state index contributed by atoms with van der Waals surface area (Å²) < 4.78 is 9.70. The summed E-state index contributed by atoms with van der Waals surface area (Å²) in [7, 11) is 1.98. The molecule has 0 spiro atoms. The molecule has 0 radical (unpaired) electrons. The Morgan fingerprint density at radius 1 is 0.971 bits per heavy atom. The molecule has 0 unspecified atom stereocenters. The van der Waals surface area contributed by atoms with Gasteiger partial charge >= 0.3 is 0 Å². The van der Waals surface area contributed by atoms with Crippen molar-refractivity contribution in [2.75, 3.05) is 0 Å². The number of ether oxygens (including phenoxy) is 1. The number of imidazole rings is 1. The van der Waals surface area contributed by atoms with Crippen molar-refractivity contribution in [3.8, 4) is 17.1 Å². The predicted octanol–water partition coefficient (Wildman–Crippen LogP) is 3.70. The van der Waals surface area contributed by atoms with Crippen LogP contribution >= 0.6 is 0 Å². The minimum absolute atomic E-state index is 0.237. The first kappa shape index (κ1) is 20.8. The van der Waals surface area contributed by atoms with E-state index in [1.165, 1.54) is 0 Å². The smallest absolute Gasteiger partial charge is 0.259 e. The number of hydrogen-bond acceptors (Lipinski definition) is 6. The molecule has 3 heterocycles. The molecule has 1 N–H and O–H groups in total. The Morgan fingerprint density at radius 2 is 1.83 bits per heavy atom. The van der Waals surface area contributed by atoms with E-state index in [-0.39, 0.29) is 5.56 Å². The van der Waals surface area contributed by atoms with Crippen LogP contribution in [-0.2, 0) is 20.2 Å². The van der Waals surface area contributed by atoms with Crippen LogP contribution in [0.1, 0.15) is 11.4 Å². The van der Waals surface area contributed by atoms with Gasteiger partial charge in [-0.15, -0.1) is 5.10 Å². The maximum absolute atomic E-state index is 12.7. The average Bonchev–Trinajstić information content (AvgIpc) is 3.46. The van der Waals surface area contributed by atoms with Crippen LogP contribution in [0.4, 0.5) is 0 Å². The van der Waals surface area contributed by atoms with Crippen molar-refractivity contribution in [2.24, 2.45) is 7.05 Å². The summed E-state index contributed by atoms with van der Waals surface area (Å²) in [4.78, 5) is 20.3. The summed E-state index contributed by atoms with van der Waals surface area (Å²) in [6.45, 7) is 0.731. The van der Waals surface area contributed by atoms with Gasteiger partial charge in [0.2, 0.25) is 0 Å². The molecule has 172 valence electrons. The first-order valence-electron chi connectivity index (χ1n) is 11.2. The molecular formula is C26H21N7O2. The molecule has 0 aliphatic carbocycles. The largest absolute Gasteiger partial charge is 0.486 e. The van der Waals surface area contributed by atoms with Crippen molar-refractivity contribution in [2.45, 2.75) is 13.2 Å². The molecule has 0 bridgehead atoms. The number of nitrogens with one attached hydrogen (secondary N) is 1. The first-order valence-corrected chi connectivity index (χ1v) is 11.2. The van der Waals surface area contributed by atoms with Gasteiger partial charge in [0.15, 0.2) is 5.82 Å². The molecule has 0 saturated carbocycles. The Kier molecular flexibility index (Phi) is 5.07. The van der Waals surface area contributed by atoms with Crippen LogP contribution in [0.25, 0.3) is 33.3 Å². The number of aromatic nitrogens is 7. The third-order valence-electron chi connectivity index (χ3n) is 6.00. The Balaban J connectivity index is 1.24. The summed E-state index contributed by atoms with van der Waals surface area (Å²) in [5.41, 5.74) is 3.90. The molecule has 9 heteroatoms. The number of fused-ring (bicyclic) bond motifs is 2. The molecular weight excluding hydrogens is 442 g/mol. The van der Waals surface area contributed by atoms with Crippen LogP contribution in [-0.4, -0.2) is 34.7 Å². The number of para-hydroxylation sites is 3. The molecule has 6 aromatic rings. The fourth-order valence-electron chi connectivity index (χ4n) is 4.20. The lowest BCUT2D eigenvalue weighted by Gasteiger charge is -2.09. The van der Waals surface area contributed by atoms with Crippen molar-refractivity contribution in [1.82, 2.24) is 34.7 Å². The van der Waals surface area contributed by atoms with E-state index < -0.39 is 0 Å². The molecule has 0 aliphatic rings. The highest BCUT2D eigenvalue weighted by molar-refractivity contribution is 5.82. The number of hydrogen-bond donors (Lipinski definition) is 1. The number of pyridine rings is 1. The fraction of sp³-hybridized carbons (Fsp3) is 0.115. The van der Waals surface area contributed by atoms with Gasteiger partial charge in [0.05, 0.1) is 23.1 Å². The highest BCUT2D eigenvalue weighted by Gasteiger charge is 2.15. The monoisotopic (exact) mass is 463 g/mol. The molecule has 3 aromatic carbocycles. The van der Waals surface area contributed by atoms with E-state index in [4.69, 9.17) is 4.74 Å². The third kappa shape index (κ3) is 3.93.